The van der Waals surface area contributed by atoms with E-state index in [4.69, 9.17) is 11.6 Å². The van der Waals surface area contributed by atoms with Crippen molar-refractivity contribution < 1.29 is 4.79 Å². The minimum Gasteiger partial charge on any atom is -0.297 e. The predicted octanol–water partition coefficient (Wildman–Crippen LogP) is 3.75. The fourth-order valence-electron chi connectivity index (χ4n) is 2.89. The molecule has 108 valence electrons. The standard InChI is InChI=1S/C15H25ClN2O/c1-15(16)13-17-11-9-7-5-3-2-4-6-8-10-12-18(13)14(15)19/h2-12H2,1H3. The van der Waals surface area contributed by atoms with Crippen LogP contribution in [0.2, 0.25) is 0 Å². The molecule has 1 unspecified atom stereocenters. The van der Waals surface area contributed by atoms with Gasteiger partial charge < -0.3 is 0 Å². The van der Waals surface area contributed by atoms with E-state index in [9.17, 15) is 4.79 Å². The number of amides is 1. The lowest BCUT2D eigenvalue weighted by molar-refractivity contribution is -0.132. The second-order valence-corrected chi connectivity index (χ2v) is 6.60. The van der Waals surface area contributed by atoms with Crippen LogP contribution in [0.15, 0.2) is 4.99 Å². The van der Waals surface area contributed by atoms with Gasteiger partial charge in [-0.05, 0) is 19.8 Å². The molecular formula is C15H25ClN2O. The monoisotopic (exact) mass is 284 g/mol. The number of β-lactam (4-membered cyclic amide) rings is 1. The number of hydrogen-bond acceptors (Lipinski definition) is 2. The Kier molecular flexibility index (Phi) is 5.26. The Labute approximate surface area is 121 Å². The molecule has 1 saturated heterocycles. The van der Waals surface area contributed by atoms with Gasteiger partial charge in [0, 0.05) is 13.1 Å². The van der Waals surface area contributed by atoms with Gasteiger partial charge in [-0.1, -0.05) is 44.9 Å². The van der Waals surface area contributed by atoms with Crippen LogP contribution in [0.5, 0.6) is 0 Å². The second-order valence-electron chi connectivity index (χ2n) is 5.85. The van der Waals surface area contributed by atoms with Gasteiger partial charge in [-0.25, -0.2) is 0 Å². The van der Waals surface area contributed by atoms with Crippen LogP contribution in [0, 0.1) is 0 Å². The lowest BCUT2D eigenvalue weighted by Gasteiger charge is -2.44. The average molecular weight is 285 g/mol. The number of amidine groups is 1. The molecular weight excluding hydrogens is 260 g/mol. The number of hydrogen-bond donors (Lipinski definition) is 0. The van der Waals surface area contributed by atoms with Gasteiger partial charge in [0.05, 0.1) is 0 Å². The van der Waals surface area contributed by atoms with Gasteiger partial charge in [0.2, 0.25) is 0 Å². The molecule has 0 spiro atoms. The molecule has 0 bridgehead atoms. The normalized spacial score (nSPS) is 30.9. The molecule has 0 aliphatic carbocycles. The van der Waals surface area contributed by atoms with Gasteiger partial charge in [0.15, 0.2) is 4.87 Å². The van der Waals surface area contributed by atoms with E-state index in [0.717, 1.165) is 31.8 Å². The minimum absolute atomic E-state index is 0.0278. The Hall–Kier alpha value is -0.570. The summed E-state index contributed by atoms with van der Waals surface area (Å²) in [6, 6.07) is 0. The SMILES string of the molecule is CC1(Cl)C(=O)N2CCCCCCCCCCCN=C21. The van der Waals surface area contributed by atoms with Gasteiger partial charge in [0.25, 0.3) is 5.91 Å². The molecule has 1 amide bonds. The van der Waals surface area contributed by atoms with E-state index in [1.54, 1.807) is 11.8 Å². The largest absolute Gasteiger partial charge is 0.297 e. The molecule has 1 atom stereocenters. The first-order valence-electron chi connectivity index (χ1n) is 7.70. The highest BCUT2D eigenvalue weighted by Gasteiger charge is 2.53. The molecule has 4 heteroatoms. The highest BCUT2D eigenvalue weighted by Crippen LogP contribution is 2.33. The number of alkyl halides is 1. The maximum Gasteiger partial charge on any atom is 0.256 e. The topological polar surface area (TPSA) is 32.7 Å². The van der Waals surface area contributed by atoms with Crippen LogP contribution in [-0.4, -0.2) is 34.6 Å². The number of nitrogens with zero attached hydrogens (tertiary/aromatic N) is 2. The smallest absolute Gasteiger partial charge is 0.256 e. The summed E-state index contributed by atoms with van der Waals surface area (Å²) in [6.45, 7) is 3.37. The first-order valence-corrected chi connectivity index (χ1v) is 8.07. The van der Waals surface area contributed by atoms with Gasteiger partial charge in [-0.2, -0.15) is 0 Å². The quantitative estimate of drug-likeness (QED) is 0.492. The zero-order valence-corrected chi connectivity index (χ0v) is 12.7. The molecule has 0 aromatic carbocycles. The van der Waals surface area contributed by atoms with Crippen LogP contribution in [0.3, 0.4) is 0 Å². The zero-order chi connectivity index (χ0) is 13.7. The summed E-state index contributed by atoms with van der Waals surface area (Å²) < 4.78 is 0. The molecule has 2 rings (SSSR count). The van der Waals surface area contributed by atoms with Crippen LogP contribution in [0.25, 0.3) is 0 Å². The summed E-state index contributed by atoms with van der Waals surface area (Å²) in [4.78, 5) is 17.5. The van der Waals surface area contributed by atoms with Gasteiger partial charge in [-0.3, -0.25) is 14.7 Å². The minimum atomic E-state index is -0.864. The van der Waals surface area contributed by atoms with Crippen LogP contribution >= 0.6 is 11.6 Å². The Bertz CT molecular complexity index is 352. The van der Waals surface area contributed by atoms with Crippen molar-refractivity contribution in [1.82, 2.24) is 4.90 Å². The lowest BCUT2D eigenvalue weighted by atomic mass is 9.96. The fourth-order valence-corrected chi connectivity index (χ4v) is 3.15. The molecule has 19 heavy (non-hydrogen) atoms. The van der Waals surface area contributed by atoms with Crippen molar-refractivity contribution in [2.24, 2.45) is 4.99 Å². The summed E-state index contributed by atoms with van der Waals surface area (Å²) in [5.41, 5.74) is 0. The van der Waals surface area contributed by atoms with E-state index in [-0.39, 0.29) is 5.91 Å². The lowest BCUT2D eigenvalue weighted by Crippen LogP contribution is -2.66. The second kappa shape index (κ2) is 6.74. The van der Waals surface area contributed by atoms with Crippen molar-refractivity contribution >= 4 is 23.3 Å². The van der Waals surface area contributed by atoms with Crippen molar-refractivity contribution in [2.75, 3.05) is 13.1 Å². The van der Waals surface area contributed by atoms with E-state index < -0.39 is 4.87 Å². The van der Waals surface area contributed by atoms with Crippen molar-refractivity contribution in [1.29, 1.82) is 0 Å². The Morgan fingerprint density at radius 2 is 1.53 bits per heavy atom. The van der Waals surface area contributed by atoms with Crippen LogP contribution in [0.4, 0.5) is 0 Å². The summed E-state index contributed by atoms with van der Waals surface area (Å²) >= 11 is 6.26. The first kappa shape index (κ1) is 14.8. The van der Waals surface area contributed by atoms with E-state index in [1.165, 1.54) is 44.9 Å². The van der Waals surface area contributed by atoms with Gasteiger partial charge in [-0.15, -0.1) is 11.6 Å². The van der Waals surface area contributed by atoms with Gasteiger partial charge in [0.1, 0.15) is 5.84 Å². The number of carbonyl (C=O) groups excluding carboxylic acids is 1. The maximum absolute atomic E-state index is 12.0. The molecule has 0 saturated carbocycles. The summed E-state index contributed by atoms with van der Waals surface area (Å²) in [5.74, 6) is 0.830. The molecule has 0 radical (unpaired) electrons. The molecule has 0 aromatic heterocycles. The zero-order valence-electron chi connectivity index (χ0n) is 12.0. The summed E-state index contributed by atoms with van der Waals surface area (Å²) in [6.07, 6.45) is 11.3. The molecule has 0 aromatic rings. The Morgan fingerprint density at radius 3 is 2.16 bits per heavy atom. The summed E-state index contributed by atoms with van der Waals surface area (Å²) in [7, 11) is 0. The Morgan fingerprint density at radius 1 is 1.00 bits per heavy atom. The fraction of sp³-hybridized carbons (Fsp3) is 0.867. The molecule has 3 nitrogen and oxygen atoms in total. The molecule has 1 fully saturated rings. The number of aliphatic imine (C=N–C) groups is 1. The third-order valence-corrected chi connectivity index (χ3v) is 4.45. The van der Waals surface area contributed by atoms with E-state index >= 15 is 0 Å². The molecule has 0 N–H and O–H groups in total. The van der Waals surface area contributed by atoms with Crippen LogP contribution in [0.1, 0.15) is 64.7 Å². The number of halogens is 1. The third kappa shape index (κ3) is 3.50. The van der Waals surface area contributed by atoms with Crippen LogP contribution < -0.4 is 0 Å². The average Bonchev–Trinajstić information content (AvgIpc) is 2.40. The number of carbonyl (C=O) groups is 1. The number of rotatable bonds is 0. The highest BCUT2D eigenvalue weighted by atomic mass is 35.5. The van der Waals surface area contributed by atoms with Crippen molar-refractivity contribution in [2.45, 2.75) is 69.6 Å². The van der Waals surface area contributed by atoms with Gasteiger partial charge >= 0.3 is 0 Å². The molecule has 2 aliphatic heterocycles. The van der Waals surface area contributed by atoms with Crippen molar-refractivity contribution in [3.8, 4) is 0 Å². The summed E-state index contributed by atoms with van der Waals surface area (Å²) in [5, 5.41) is 0. The van der Waals surface area contributed by atoms with Crippen molar-refractivity contribution in [3.63, 3.8) is 0 Å². The molecule has 2 heterocycles. The Balaban J connectivity index is 1.95. The highest BCUT2D eigenvalue weighted by molar-refractivity contribution is 6.53. The third-order valence-electron chi connectivity index (χ3n) is 4.12. The van der Waals surface area contributed by atoms with E-state index in [0.29, 0.717) is 0 Å². The van der Waals surface area contributed by atoms with Crippen molar-refractivity contribution in [3.05, 3.63) is 0 Å². The molecule has 2 aliphatic rings. The first-order chi connectivity index (χ1) is 9.14. The van der Waals surface area contributed by atoms with E-state index in [1.807, 2.05) is 0 Å². The predicted molar refractivity (Wildman–Crippen MR) is 79.8 cm³/mol. The van der Waals surface area contributed by atoms with E-state index in [2.05, 4.69) is 4.99 Å². The maximum atomic E-state index is 12.0. The number of fused-ring (bicyclic) bond motifs is 1. The van der Waals surface area contributed by atoms with Crippen LogP contribution in [-0.2, 0) is 4.79 Å².